The summed E-state index contributed by atoms with van der Waals surface area (Å²) in [6, 6.07) is 0. The minimum absolute atomic E-state index is 0.808. The van der Waals surface area contributed by atoms with E-state index in [0.717, 1.165) is 29.4 Å². The Morgan fingerprint density at radius 2 is 2.00 bits per heavy atom. The SMILES string of the molecule is C=C([SiH3])COCC1CCCCC1. The van der Waals surface area contributed by atoms with Crippen molar-refractivity contribution < 1.29 is 4.74 Å². The lowest BCUT2D eigenvalue weighted by Gasteiger charge is -2.21. The van der Waals surface area contributed by atoms with Crippen molar-refractivity contribution in [2.75, 3.05) is 13.2 Å². The summed E-state index contributed by atoms with van der Waals surface area (Å²) in [5.41, 5.74) is 0. The fraction of sp³-hybridized carbons (Fsp3) is 0.800. The normalized spacial score (nSPS) is 19.7. The summed E-state index contributed by atoms with van der Waals surface area (Å²) in [7, 11) is 1.08. The van der Waals surface area contributed by atoms with E-state index >= 15 is 0 Å². The highest BCUT2D eigenvalue weighted by atomic mass is 28.1. The van der Waals surface area contributed by atoms with Crippen molar-refractivity contribution >= 4 is 10.2 Å². The van der Waals surface area contributed by atoms with Gasteiger partial charge in [-0.05, 0) is 18.8 Å². The summed E-state index contributed by atoms with van der Waals surface area (Å²) in [4.78, 5) is 0. The molecular formula is C10H20OSi. The van der Waals surface area contributed by atoms with Gasteiger partial charge in [-0.25, -0.2) is 0 Å². The van der Waals surface area contributed by atoms with Crippen molar-refractivity contribution in [1.82, 2.24) is 0 Å². The summed E-state index contributed by atoms with van der Waals surface area (Å²) >= 11 is 0. The van der Waals surface area contributed by atoms with E-state index in [1.165, 1.54) is 37.3 Å². The smallest absolute Gasteiger partial charge is 0.0629 e. The Kier molecular flexibility index (Phi) is 4.62. The Labute approximate surface area is 78.6 Å². The molecule has 0 aromatic rings. The van der Waals surface area contributed by atoms with Crippen molar-refractivity contribution in [3.63, 3.8) is 0 Å². The van der Waals surface area contributed by atoms with Crippen molar-refractivity contribution in [3.8, 4) is 0 Å². The summed E-state index contributed by atoms with van der Waals surface area (Å²) < 4.78 is 5.57. The molecule has 1 saturated carbocycles. The van der Waals surface area contributed by atoms with Crippen molar-refractivity contribution in [1.29, 1.82) is 0 Å². The molecule has 0 aromatic heterocycles. The first-order valence-corrected chi connectivity index (χ1v) is 6.01. The fourth-order valence-corrected chi connectivity index (χ4v) is 1.96. The van der Waals surface area contributed by atoms with E-state index in [-0.39, 0.29) is 0 Å². The van der Waals surface area contributed by atoms with E-state index in [1.807, 2.05) is 0 Å². The molecule has 0 unspecified atom stereocenters. The fourth-order valence-electron chi connectivity index (χ4n) is 1.75. The average molecular weight is 184 g/mol. The molecule has 1 aliphatic carbocycles. The second-order valence-electron chi connectivity index (χ2n) is 3.98. The zero-order valence-electron chi connectivity index (χ0n) is 8.14. The Hall–Kier alpha value is -0.0831. The van der Waals surface area contributed by atoms with Gasteiger partial charge < -0.3 is 4.74 Å². The largest absolute Gasteiger partial charge is 0.377 e. The van der Waals surface area contributed by atoms with Crippen molar-refractivity contribution in [3.05, 3.63) is 11.8 Å². The molecule has 0 saturated heterocycles. The van der Waals surface area contributed by atoms with Crippen molar-refractivity contribution in [2.24, 2.45) is 5.92 Å². The van der Waals surface area contributed by atoms with Crippen LogP contribution in [0.5, 0.6) is 0 Å². The average Bonchev–Trinajstić information content (AvgIpc) is 2.05. The molecule has 2 heteroatoms. The van der Waals surface area contributed by atoms with E-state index in [2.05, 4.69) is 6.58 Å². The molecule has 1 nitrogen and oxygen atoms in total. The van der Waals surface area contributed by atoms with Gasteiger partial charge in [0.1, 0.15) is 0 Å². The summed E-state index contributed by atoms with van der Waals surface area (Å²) in [6.45, 7) is 5.66. The first kappa shape index (κ1) is 10.0. The second kappa shape index (κ2) is 5.54. The molecule has 0 bridgehead atoms. The van der Waals surface area contributed by atoms with Crippen LogP contribution in [0, 0.1) is 5.92 Å². The van der Waals surface area contributed by atoms with E-state index in [9.17, 15) is 0 Å². The Balaban J connectivity index is 2.01. The molecule has 0 atom stereocenters. The first-order chi connectivity index (χ1) is 5.79. The molecular weight excluding hydrogens is 164 g/mol. The highest BCUT2D eigenvalue weighted by Crippen LogP contribution is 2.23. The zero-order chi connectivity index (χ0) is 8.81. The summed E-state index contributed by atoms with van der Waals surface area (Å²) in [6.07, 6.45) is 7.02. The monoisotopic (exact) mass is 184 g/mol. The third kappa shape index (κ3) is 4.07. The molecule has 0 aliphatic heterocycles. The second-order valence-corrected chi connectivity index (χ2v) is 5.39. The molecule has 1 aliphatic rings. The minimum Gasteiger partial charge on any atom is -0.377 e. The maximum atomic E-state index is 5.57. The molecule has 70 valence electrons. The van der Waals surface area contributed by atoms with Crippen LogP contribution in [-0.4, -0.2) is 23.5 Å². The molecule has 0 radical (unpaired) electrons. The first-order valence-electron chi connectivity index (χ1n) is 5.01. The lowest BCUT2D eigenvalue weighted by atomic mass is 9.90. The molecule has 0 spiro atoms. The Bertz CT molecular complexity index is 139. The van der Waals surface area contributed by atoms with Crippen LogP contribution in [-0.2, 0) is 4.74 Å². The van der Waals surface area contributed by atoms with E-state index < -0.39 is 0 Å². The summed E-state index contributed by atoms with van der Waals surface area (Å²) in [5, 5.41) is 1.27. The quantitative estimate of drug-likeness (QED) is 0.601. The Morgan fingerprint density at radius 3 is 2.58 bits per heavy atom. The predicted molar refractivity (Wildman–Crippen MR) is 56.5 cm³/mol. The predicted octanol–water partition coefficient (Wildman–Crippen LogP) is 1.46. The van der Waals surface area contributed by atoms with Gasteiger partial charge in [0.05, 0.1) is 6.61 Å². The molecule has 0 aromatic carbocycles. The third-order valence-corrected chi connectivity index (χ3v) is 2.72. The van der Waals surface area contributed by atoms with Crippen LogP contribution < -0.4 is 0 Å². The van der Waals surface area contributed by atoms with Gasteiger partial charge in [-0.3, -0.25) is 0 Å². The van der Waals surface area contributed by atoms with Crippen molar-refractivity contribution in [2.45, 2.75) is 32.1 Å². The van der Waals surface area contributed by atoms with Crippen LogP contribution in [0.15, 0.2) is 11.8 Å². The molecule has 0 N–H and O–H groups in total. The van der Waals surface area contributed by atoms with Gasteiger partial charge in [0.2, 0.25) is 0 Å². The zero-order valence-corrected chi connectivity index (χ0v) is 10.1. The maximum Gasteiger partial charge on any atom is 0.0629 e. The van der Waals surface area contributed by atoms with E-state index in [0.29, 0.717) is 0 Å². The number of ether oxygens (including phenoxy) is 1. The highest BCUT2D eigenvalue weighted by molar-refractivity contribution is 6.21. The third-order valence-electron chi connectivity index (χ3n) is 2.43. The molecule has 0 amide bonds. The highest BCUT2D eigenvalue weighted by Gasteiger charge is 2.12. The van der Waals surface area contributed by atoms with Crippen LogP contribution in [0.1, 0.15) is 32.1 Å². The standard InChI is InChI=1S/C10H20OSi/c1-9(12)7-11-8-10-5-3-2-4-6-10/h10H,1-8H2,12H3. The van der Waals surface area contributed by atoms with Gasteiger partial charge in [-0.15, -0.1) is 6.58 Å². The van der Waals surface area contributed by atoms with Crippen LogP contribution in [0.25, 0.3) is 0 Å². The minimum atomic E-state index is 0.808. The topological polar surface area (TPSA) is 9.23 Å². The van der Waals surface area contributed by atoms with Crippen LogP contribution >= 0.6 is 0 Å². The Morgan fingerprint density at radius 1 is 1.33 bits per heavy atom. The van der Waals surface area contributed by atoms with Gasteiger partial charge in [0.15, 0.2) is 0 Å². The maximum absolute atomic E-state index is 5.57. The number of hydrogen-bond donors (Lipinski definition) is 0. The van der Waals surface area contributed by atoms with E-state index in [4.69, 9.17) is 4.74 Å². The summed E-state index contributed by atoms with van der Waals surface area (Å²) in [5.74, 6) is 0.847. The lowest BCUT2D eigenvalue weighted by Crippen LogP contribution is -2.14. The lowest BCUT2D eigenvalue weighted by molar-refractivity contribution is 0.104. The van der Waals surface area contributed by atoms with Gasteiger partial charge in [0.25, 0.3) is 0 Å². The van der Waals surface area contributed by atoms with Gasteiger partial charge in [-0.1, -0.05) is 24.5 Å². The number of hydrogen-bond acceptors (Lipinski definition) is 1. The van der Waals surface area contributed by atoms with Gasteiger partial charge in [-0.2, -0.15) is 0 Å². The van der Waals surface area contributed by atoms with Crippen LogP contribution in [0.3, 0.4) is 0 Å². The van der Waals surface area contributed by atoms with Gasteiger partial charge >= 0.3 is 0 Å². The number of rotatable bonds is 4. The molecule has 12 heavy (non-hydrogen) atoms. The molecule has 1 fully saturated rings. The van der Waals surface area contributed by atoms with E-state index in [1.54, 1.807) is 0 Å². The molecule has 0 heterocycles. The van der Waals surface area contributed by atoms with Crippen LogP contribution in [0.2, 0.25) is 0 Å². The van der Waals surface area contributed by atoms with Gasteiger partial charge in [0, 0.05) is 16.8 Å². The van der Waals surface area contributed by atoms with Crippen LogP contribution in [0.4, 0.5) is 0 Å². The molecule has 1 rings (SSSR count).